The summed E-state index contributed by atoms with van der Waals surface area (Å²) in [6.45, 7) is 8.69. The van der Waals surface area contributed by atoms with Crippen LogP contribution in [0, 0.1) is 12.3 Å². The number of nitrogens with one attached hydrogen (secondary N) is 2. The molecular weight excluding hydrogens is 260 g/mol. The summed E-state index contributed by atoms with van der Waals surface area (Å²) in [5, 5.41) is 6.60. The zero-order valence-corrected chi connectivity index (χ0v) is 13.8. The molecule has 0 heterocycles. The summed E-state index contributed by atoms with van der Waals surface area (Å²) >= 11 is 0. The van der Waals surface area contributed by atoms with Crippen LogP contribution in [0.4, 0.5) is 11.4 Å². The van der Waals surface area contributed by atoms with E-state index in [0.717, 1.165) is 11.4 Å². The van der Waals surface area contributed by atoms with Crippen molar-refractivity contribution in [3.63, 3.8) is 0 Å². The van der Waals surface area contributed by atoms with Crippen LogP contribution < -0.4 is 10.6 Å². The van der Waals surface area contributed by atoms with E-state index in [2.05, 4.69) is 43.5 Å². The Kier molecular flexibility index (Phi) is 4.92. The van der Waals surface area contributed by atoms with Gasteiger partial charge in [0, 0.05) is 23.8 Å². The number of benzene rings is 1. The second-order valence-corrected chi connectivity index (χ2v) is 7.01. The van der Waals surface area contributed by atoms with E-state index >= 15 is 0 Å². The molecule has 0 aliphatic heterocycles. The minimum Gasteiger partial charge on any atom is -0.382 e. The third-order valence-electron chi connectivity index (χ3n) is 4.54. The third kappa shape index (κ3) is 4.48. The van der Waals surface area contributed by atoms with Gasteiger partial charge in [0.2, 0.25) is 5.91 Å². The highest BCUT2D eigenvalue weighted by Gasteiger charge is 2.26. The average molecular weight is 288 g/mol. The average Bonchev–Trinajstić information content (AvgIpc) is 2.44. The maximum Gasteiger partial charge on any atom is 0.224 e. The predicted molar refractivity (Wildman–Crippen MR) is 89.8 cm³/mol. The van der Waals surface area contributed by atoms with Gasteiger partial charge >= 0.3 is 0 Å². The first kappa shape index (κ1) is 15.9. The first-order valence-electron chi connectivity index (χ1n) is 8.07. The molecule has 1 saturated carbocycles. The quantitative estimate of drug-likeness (QED) is 0.841. The van der Waals surface area contributed by atoms with Crippen molar-refractivity contribution in [2.45, 2.75) is 65.8 Å². The minimum absolute atomic E-state index is 0.0595. The van der Waals surface area contributed by atoms with Crippen LogP contribution in [0.2, 0.25) is 0 Å². The van der Waals surface area contributed by atoms with E-state index in [1.165, 1.54) is 31.2 Å². The summed E-state index contributed by atoms with van der Waals surface area (Å²) in [5.41, 5.74) is 3.75. The number of carbonyl (C=O) groups is 1. The highest BCUT2D eigenvalue weighted by Crippen LogP contribution is 2.36. The van der Waals surface area contributed by atoms with Crippen molar-refractivity contribution in [3.05, 3.63) is 23.8 Å². The molecular formula is C18H28N2O. The molecule has 0 bridgehead atoms. The van der Waals surface area contributed by atoms with Crippen molar-refractivity contribution in [1.82, 2.24) is 0 Å². The lowest BCUT2D eigenvalue weighted by molar-refractivity contribution is -0.115. The van der Waals surface area contributed by atoms with Gasteiger partial charge in [-0.2, -0.15) is 0 Å². The fraction of sp³-hybridized carbons (Fsp3) is 0.611. The first-order chi connectivity index (χ1) is 9.89. The van der Waals surface area contributed by atoms with Gasteiger partial charge < -0.3 is 10.6 Å². The lowest BCUT2D eigenvalue weighted by atomic mass is 9.75. The molecule has 0 radical (unpaired) electrons. The van der Waals surface area contributed by atoms with Crippen molar-refractivity contribution in [2.24, 2.45) is 5.41 Å². The van der Waals surface area contributed by atoms with Gasteiger partial charge in [0.15, 0.2) is 0 Å². The zero-order chi connectivity index (χ0) is 15.5. The van der Waals surface area contributed by atoms with Crippen molar-refractivity contribution in [3.8, 4) is 0 Å². The van der Waals surface area contributed by atoms with Gasteiger partial charge in [-0.25, -0.2) is 0 Å². The fourth-order valence-electron chi connectivity index (χ4n) is 2.87. The molecule has 1 fully saturated rings. The second-order valence-electron chi connectivity index (χ2n) is 7.01. The van der Waals surface area contributed by atoms with Gasteiger partial charge in [0.05, 0.1) is 0 Å². The Labute approximate surface area is 128 Å². The van der Waals surface area contributed by atoms with Crippen molar-refractivity contribution in [2.75, 3.05) is 10.6 Å². The van der Waals surface area contributed by atoms with Crippen LogP contribution in [-0.4, -0.2) is 11.9 Å². The Balaban J connectivity index is 2.02. The summed E-state index contributed by atoms with van der Waals surface area (Å²) in [5.74, 6) is 0.0595. The molecule has 3 heteroatoms. The Bertz CT molecular complexity index is 498. The summed E-state index contributed by atoms with van der Waals surface area (Å²) < 4.78 is 0. The monoisotopic (exact) mass is 288 g/mol. The number of carbonyl (C=O) groups excluding carboxylic acids is 1. The van der Waals surface area contributed by atoms with Crippen molar-refractivity contribution >= 4 is 17.3 Å². The highest BCUT2D eigenvalue weighted by molar-refractivity contribution is 5.91. The SMILES string of the molecule is CCC(=O)Nc1ccc(C)c(NC2CCC(C)(C)CC2)c1. The van der Waals surface area contributed by atoms with E-state index in [1.807, 2.05) is 13.0 Å². The van der Waals surface area contributed by atoms with E-state index < -0.39 is 0 Å². The first-order valence-corrected chi connectivity index (χ1v) is 8.07. The molecule has 0 saturated heterocycles. The number of anilines is 2. The molecule has 1 aliphatic rings. The maximum absolute atomic E-state index is 11.5. The number of rotatable bonds is 4. The maximum atomic E-state index is 11.5. The van der Waals surface area contributed by atoms with Crippen LogP contribution in [0.3, 0.4) is 0 Å². The minimum atomic E-state index is 0.0595. The van der Waals surface area contributed by atoms with Crippen LogP contribution in [0.25, 0.3) is 0 Å². The van der Waals surface area contributed by atoms with Crippen LogP contribution in [0.15, 0.2) is 18.2 Å². The third-order valence-corrected chi connectivity index (χ3v) is 4.54. The van der Waals surface area contributed by atoms with Gasteiger partial charge in [0.1, 0.15) is 0 Å². The van der Waals surface area contributed by atoms with Crippen LogP contribution in [0.5, 0.6) is 0 Å². The molecule has 3 nitrogen and oxygen atoms in total. The standard InChI is InChI=1S/C18H28N2O/c1-5-17(21)20-15-7-6-13(2)16(12-15)19-14-8-10-18(3,4)11-9-14/h6-7,12,14,19H,5,8-11H2,1-4H3,(H,20,21). The molecule has 2 N–H and O–H groups in total. The number of aryl methyl sites for hydroxylation is 1. The van der Waals surface area contributed by atoms with Gasteiger partial charge in [-0.05, 0) is 55.7 Å². The molecule has 2 rings (SSSR count). The van der Waals surface area contributed by atoms with Crippen LogP contribution in [-0.2, 0) is 4.79 Å². The van der Waals surface area contributed by atoms with Gasteiger partial charge in [0.25, 0.3) is 0 Å². The van der Waals surface area contributed by atoms with Crippen molar-refractivity contribution in [1.29, 1.82) is 0 Å². The predicted octanol–water partition coefficient (Wildman–Crippen LogP) is 4.72. The fourth-order valence-corrected chi connectivity index (χ4v) is 2.87. The molecule has 116 valence electrons. The summed E-state index contributed by atoms with van der Waals surface area (Å²) in [6.07, 6.45) is 5.50. The molecule has 0 aromatic heterocycles. The van der Waals surface area contributed by atoms with E-state index in [1.54, 1.807) is 0 Å². The van der Waals surface area contributed by atoms with Crippen molar-refractivity contribution < 1.29 is 4.79 Å². The Hall–Kier alpha value is -1.51. The van der Waals surface area contributed by atoms with E-state index in [0.29, 0.717) is 17.9 Å². The largest absolute Gasteiger partial charge is 0.382 e. The number of hydrogen-bond donors (Lipinski definition) is 2. The Morgan fingerprint density at radius 3 is 2.57 bits per heavy atom. The molecule has 0 spiro atoms. The highest BCUT2D eigenvalue weighted by atomic mass is 16.1. The number of amides is 1. The zero-order valence-electron chi connectivity index (χ0n) is 13.8. The topological polar surface area (TPSA) is 41.1 Å². The van der Waals surface area contributed by atoms with Gasteiger partial charge in [-0.1, -0.05) is 26.8 Å². The lowest BCUT2D eigenvalue weighted by Gasteiger charge is -2.35. The Morgan fingerprint density at radius 1 is 1.29 bits per heavy atom. The molecule has 1 amide bonds. The Morgan fingerprint density at radius 2 is 1.95 bits per heavy atom. The second kappa shape index (κ2) is 6.50. The lowest BCUT2D eigenvalue weighted by Crippen LogP contribution is -2.30. The van der Waals surface area contributed by atoms with E-state index in [4.69, 9.17) is 0 Å². The molecule has 0 atom stereocenters. The molecule has 21 heavy (non-hydrogen) atoms. The number of hydrogen-bond acceptors (Lipinski definition) is 2. The van der Waals surface area contributed by atoms with E-state index in [-0.39, 0.29) is 5.91 Å². The van der Waals surface area contributed by atoms with E-state index in [9.17, 15) is 4.79 Å². The smallest absolute Gasteiger partial charge is 0.224 e. The molecule has 1 aromatic rings. The molecule has 1 aromatic carbocycles. The van der Waals surface area contributed by atoms with Gasteiger partial charge in [-0.15, -0.1) is 0 Å². The molecule has 0 unspecified atom stereocenters. The summed E-state index contributed by atoms with van der Waals surface area (Å²) in [7, 11) is 0. The van der Waals surface area contributed by atoms with Crippen LogP contribution in [0.1, 0.15) is 58.4 Å². The van der Waals surface area contributed by atoms with Gasteiger partial charge in [-0.3, -0.25) is 4.79 Å². The normalized spacial score (nSPS) is 18.3. The summed E-state index contributed by atoms with van der Waals surface area (Å²) in [4.78, 5) is 11.5. The van der Waals surface area contributed by atoms with Crippen LogP contribution >= 0.6 is 0 Å². The summed E-state index contributed by atoms with van der Waals surface area (Å²) in [6, 6.07) is 6.65. The molecule has 1 aliphatic carbocycles.